The molecule has 1 heterocycles. The highest BCUT2D eigenvalue weighted by Gasteiger charge is 2.27. The van der Waals surface area contributed by atoms with Crippen LogP contribution in [0.25, 0.3) is 0 Å². The molecule has 1 aromatic rings. The minimum absolute atomic E-state index is 0.00776. The van der Waals surface area contributed by atoms with Crippen molar-refractivity contribution in [3.8, 4) is 0 Å². The van der Waals surface area contributed by atoms with Crippen LogP contribution in [0.1, 0.15) is 31.7 Å². The van der Waals surface area contributed by atoms with Crippen LogP contribution in [0.2, 0.25) is 0 Å². The van der Waals surface area contributed by atoms with Gasteiger partial charge in [0.05, 0.1) is 0 Å². The molecule has 0 saturated carbocycles. The van der Waals surface area contributed by atoms with Crippen LogP contribution >= 0.6 is 0 Å². The van der Waals surface area contributed by atoms with E-state index in [1.54, 1.807) is 4.90 Å². The Hall–Kier alpha value is -2.77. The average molecular weight is 376 g/mol. The quantitative estimate of drug-likeness (QED) is 0.552. The number of likely N-dealkylation sites (tertiary alicyclic amines) is 1. The van der Waals surface area contributed by atoms with Gasteiger partial charge >= 0.3 is 18.0 Å². The lowest BCUT2D eigenvalue weighted by Gasteiger charge is -2.21. The molecule has 27 heavy (non-hydrogen) atoms. The molecule has 1 aromatic carbocycles. The fraction of sp³-hybridized carbons (Fsp3) is 0.526. The molecule has 1 saturated heterocycles. The molecular formula is C19H28N4O4. The van der Waals surface area contributed by atoms with Crippen molar-refractivity contribution >= 4 is 18.0 Å². The number of rotatable bonds is 8. The van der Waals surface area contributed by atoms with Gasteiger partial charge in [0.2, 0.25) is 0 Å². The normalized spacial score (nSPS) is 17.2. The SMILES string of the molecule is CCNC(=O)N1CCC(NC(=O)NC(CCC(=O)O)Cc2ccccc2)C1. The van der Waals surface area contributed by atoms with Crippen LogP contribution in [0, 0.1) is 0 Å². The number of benzene rings is 1. The summed E-state index contributed by atoms with van der Waals surface area (Å²) in [6.07, 6.45) is 1.61. The zero-order chi connectivity index (χ0) is 19.6. The minimum Gasteiger partial charge on any atom is -0.481 e. The Labute approximate surface area is 159 Å². The van der Waals surface area contributed by atoms with E-state index in [0.717, 1.165) is 5.56 Å². The van der Waals surface area contributed by atoms with Crippen molar-refractivity contribution < 1.29 is 19.5 Å². The number of nitrogens with one attached hydrogen (secondary N) is 3. The Morgan fingerprint density at radius 1 is 1.26 bits per heavy atom. The van der Waals surface area contributed by atoms with Crippen LogP contribution in [-0.4, -0.2) is 59.8 Å². The maximum Gasteiger partial charge on any atom is 0.317 e. The molecule has 148 valence electrons. The molecule has 4 amide bonds. The van der Waals surface area contributed by atoms with Gasteiger partial charge in [-0.05, 0) is 31.7 Å². The highest BCUT2D eigenvalue weighted by Crippen LogP contribution is 2.10. The predicted molar refractivity (Wildman–Crippen MR) is 102 cm³/mol. The zero-order valence-corrected chi connectivity index (χ0v) is 15.6. The van der Waals surface area contributed by atoms with Crippen molar-refractivity contribution in [1.29, 1.82) is 0 Å². The largest absolute Gasteiger partial charge is 0.481 e. The van der Waals surface area contributed by atoms with E-state index in [4.69, 9.17) is 5.11 Å². The van der Waals surface area contributed by atoms with Crippen LogP contribution in [0.3, 0.4) is 0 Å². The van der Waals surface area contributed by atoms with E-state index in [1.807, 2.05) is 37.3 Å². The summed E-state index contributed by atoms with van der Waals surface area (Å²) in [6, 6.07) is 8.82. The van der Waals surface area contributed by atoms with E-state index in [1.165, 1.54) is 0 Å². The third-order valence-corrected chi connectivity index (χ3v) is 4.51. The van der Waals surface area contributed by atoms with Gasteiger partial charge in [0, 0.05) is 38.1 Å². The second-order valence-corrected chi connectivity index (χ2v) is 6.70. The molecule has 0 bridgehead atoms. The number of hydrogen-bond acceptors (Lipinski definition) is 3. The Morgan fingerprint density at radius 3 is 2.67 bits per heavy atom. The molecule has 2 rings (SSSR count). The average Bonchev–Trinajstić information content (AvgIpc) is 3.09. The van der Waals surface area contributed by atoms with Crippen molar-refractivity contribution in [3.05, 3.63) is 35.9 Å². The molecule has 4 N–H and O–H groups in total. The number of aliphatic carboxylic acids is 1. The summed E-state index contributed by atoms with van der Waals surface area (Å²) in [5.41, 5.74) is 1.04. The first kappa shape index (κ1) is 20.5. The third kappa shape index (κ3) is 7.16. The summed E-state index contributed by atoms with van der Waals surface area (Å²) in [4.78, 5) is 36.8. The summed E-state index contributed by atoms with van der Waals surface area (Å²) in [5.74, 6) is -0.886. The number of hydrogen-bond donors (Lipinski definition) is 4. The number of nitrogens with zero attached hydrogens (tertiary/aromatic N) is 1. The minimum atomic E-state index is -0.886. The fourth-order valence-electron chi connectivity index (χ4n) is 3.16. The first-order chi connectivity index (χ1) is 13.0. The molecule has 1 aliphatic heterocycles. The molecule has 0 radical (unpaired) electrons. The molecule has 1 fully saturated rings. The number of carboxylic acid groups (broad SMARTS) is 1. The monoisotopic (exact) mass is 376 g/mol. The van der Waals surface area contributed by atoms with Gasteiger partial charge in [0.1, 0.15) is 0 Å². The lowest BCUT2D eigenvalue weighted by molar-refractivity contribution is -0.137. The zero-order valence-electron chi connectivity index (χ0n) is 15.6. The van der Waals surface area contributed by atoms with Crippen molar-refractivity contribution in [3.63, 3.8) is 0 Å². The van der Waals surface area contributed by atoms with Gasteiger partial charge in [-0.2, -0.15) is 0 Å². The predicted octanol–water partition coefficient (Wildman–Crippen LogP) is 1.57. The van der Waals surface area contributed by atoms with E-state index in [-0.39, 0.29) is 30.6 Å². The van der Waals surface area contributed by atoms with Gasteiger partial charge in [-0.15, -0.1) is 0 Å². The summed E-state index contributed by atoms with van der Waals surface area (Å²) in [6.45, 7) is 3.50. The van der Waals surface area contributed by atoms with E-state index >= 15 is 0 Å². The van der Waals surface area contributed by atoms with Crippen molar-refractivity contribution in [1.82, 2.24) is 20.9 Å². The smallest absolute Gasteiger partial charge is 0.317 e. The molecule has 0 spiro atoms. The number of carboxylic acids is 1. The van der Waals surface area contributed by atoms with E-state index in [2.05, 4.69) is 16.0 Å². The van der Waals surface area contributed by atoms with Crippen LogP contribution in [0.5, 0.6) is 0 Å². The second kappa shape index (κ2) is 10.4. The van der Waals surface area contributed by atoms with Crippen molar-refractivity contribution in [2.75, 3.05) is 19.6 Å². The summed E-state index contributed by atoms with van der Waals surface area (Å²) < 4.78 is 0. The maximum atomic E-state index is 12.4. The molecular weight excluding hydrogens is 348 g/mol. The maximum absolute atomic E-state index is 12.4. The van der Waals surface area contributed by atoms with Gasteiger partial charge in [-0.3, -0.25) is 4.79 Å². The Balaban J connectivity index is 1.85. The van der Waals surface area contributed by atoms with Crippen LogP contribution < -0.4 is 16.0 Å². The lowest BCUT2D eigenvalue weighted by Crippen LogP contribution is -2.48. The Morgan fingerprint density at radius 2 is 2.00 bits per heavy atom. The van der Waals surface area contributed by atoms with E-state index in [9.17, 15) is 14.4 Å². The Bertz CT molecular complexity index is 638. The molecule has 8 heteroatoms. The third-order valence-electron chi connectivity index (χ3n) is 4.51. The molecule has 8 nitrogen and oxygen atoms in total. The number of carbonyl (C=O) groups is 3. The number of carbonyl (C=O) groups excluding carboxylic acids is 2. The molecule has 0 aliphatic carbocycles. The lowest BCUT2D eigenvalue weighted by atomic mass is 10.0. The summed E-state index contributed by atoms with van der Waals surface area (Å²) in [5, 5.41) is 17.5. The van der Waals surface area contributed by atoms with Gasteiger partial charge in [0.25, 0.3) is 0 Å². The molecule has 2 unspecified atom stereocenters. The van der Waals surface area contributed by atoms with Gasteiger partial charge in [-0.1, -0.05) is 30.3 Å². The standard InChI is InChI=1S/C19H28N4O4/c1-2-20-19(27)23-11-10-16(13-23)22-18(26)21-15(8-9-17(24)25)12-14-6-4-3-5-7-14/h3-7,15-16H,2,8-13H2,1H3,(H,20,27)(H,24,25)(H2,21,22,26). The molecule has 0 aromatic heterocycles. The van der Waals surface area contributed by atoms with Crippen molar-refractivity contribution in [2.24, 2.45) is 0 Å². The first-order valence-electron chi connectivity index (χ1n) is 9.33. The topological polar surface area (TPSA) is 111 Å². The molecule has 1 aliphatic rings. The van der Waals surface area contributed by atoms with Gasteiger partial charge < -0.3 is 26.0 Å². The van der Waals surface area contributed by atoms with Crippen LogP contribution in [0.4, 0.5) is 9.59 Å². The molecule has 2 atom stereocenters. The van der Waals surface area contributed by atoms with Gasteiger partial charge in [0.15, 0.2) is 0 Å². The number of amides is 4. The first-order valence-corrected chi connectivity index (χ1v) is 9.33. The highest BCUT2D eigenvalue weighted by atomic mass is 16.4. The van der Waals surface area contributed by atoms with Crippen LogP contribution in [0.15, 0.2) is 30.3 Å². The van der Waals surface area contributed by atoms with Crippen LogP contribution in [-0.2, 0) is 11.2 Å². The summed E-state index contributed by atoms with van der Waals surface area (Å²) >= 11 is 0. The van der Waals surface area contributed by atoms with E-state index < -0.39 is 5.97 Å². The fourth-order valence-corrected chi connectivity index (χ4v) is 3.16. The Kier molecular flexibility index (Phi) is 7.91. The highest BCUT2D eigenvalue weighted by molar-refractivity contribution is 5.76. The van der Waals surface area contributed by atoms with E-state index in [0.29, 0.717) is 38.9 Å². The second-order valence-electron chi connectivity index (χ2n) is 6.70. The van der Waals surface area contributed by atoms with Crippen molar-refractivity contribution in [2.45, 2.75) is 44.7 Å². The number of urea groups is 2. The van der Waals surface area contributed by atoms with Gasteiger partial charge in [-0.25, -0.2) is 9.59 Å². The summed E-state index contributed by atoms with van der Waals surface area (Å²) in [7, 11) is 0.